The molecule has 0 saturated heterocycles. The van der Waals surface area contributed by atoms with Crippen molar-refractivity contribution in [1.82, 2.24) is 9.97 Å². The van der Waals surface area contributed by atoms with Crippen LogP contribution in [-0.4, -0.2) is 15.8 Å². The predicted molar refractivity (Wildman–Crippen MR) is 112 cm³/mol. The highest BCUT2D eigenvalue weighted by molar-refractivity contribution is 7.20. The molecular formula is C21H11ClFN3O2S. The lowest BCUT2D eigenvalue weighted by atomic mass is 10.2. The molecule has 3 heterocycles. The second-order valence-electron chi connectivity index (χ2n) is 6.28. The number of ketones is 1. The lowest BCUT2D eigenvalue weighted by molar-refractivity contribution is 0.101. The molecule has 0 fully saturated rings. The first-order chi connectivity index (χ1) is 14.1. The van der Waals surface area contributed by atoms with E-state index in [-0.39, 0.29) is 16.6 Å². The van der Waals surface area contributed by atoms with Crippen molar-refractivity contribution in [3.63, 3.8) is 0 Å². The third-order valence-electron chi connectivity index (χ3n) is 4.38. The van der Waals surface area contributed by atoms with Crippen molar-refractivity contribution in [3.8, 4) is 0 Å². The summed E-state index contributed by atoms with van der Waals surface area (Å²) >= 11 is 7.10. The maximum absolute atomic E-state index is 13.4. The molecule has 0 atom stereocenters. The van der Waals surface area contributed by atoms with Gasteiger partial charge in [-0.2, -0.15) is 0 Å². The summed E-state index contributed by atoms with van der Waals surface area (Å²) in [5.74, 6) is 0.0439. The van der Waals surface area contributed by atoms with Gasteiger partial charge in [-0.15, -0.1) is 11.3 Å². The number of para-hydroxylation sites is 1. The van der Waals surface area contributed by atoms with E-state index in [0.717, 1.165) is 5.39 Å². The number of carbonyl (C=O) groups is 1. The summed E-state index contributed by atoms with van der Waals surface area (Å²) in [5, 5.41) is 4.65. The standard InChI is InChI=1S/C21H11ClFN3O2S/c22-14-8-12(5-6-15(14)23)26-20-13-9-18(29-21(13)25-10-24-20)19(27)17-7-11-3-1-2-4-16(11)28-17/h1-10H,(H,24,25,26). The molecule has 0 saturated carbocycles. The number of anilines is 2. The minimum atomic E-state index is -0.501. The van der Waals surface area contributed by atoms with Gasteiger partial charge >= 0.3 is 0 Å². The number of rotatable bonds is 4. The molecule has 5 aromatic rings. The van der Waals surface area contributed by atoms with Gasteiger partial charge in [-0.05, 0) is 36.4 Å². The zero-order valence-electron chi connectivity index (χ0n) is 14.6. The van der Waals surface area contributed by atoms with E-state index in [2.05, 4.69) is 15.3 Å². The van der Waals surface area contributed by atoms with Crippen LogP contribution in [0.25, 0.3) is 21.2 Å². The van der Waals surface area contributed by atoms with Crippen molar-refractivity contribution in [2.24, 2.45) is 0 Å². The smallest absolute Gasteiger partial charge is 0.238 e. The van der Waals surface area contributed by atoms with E-state index in [0.29, 0.717) is 32.2 Å². The van der Waals surface area contributed by atoms with Gasteiger partial charge in [-0.3, -0.25) is 4.79 Å². The Morgan fingerprint density at radius 2 is 1.97 bits per heavy atom. The largest absolute Gasteiger partial charge is 0.453 e. The normalized spacial score (nSPS) is 11.2. The molecule has 0 aliphatic heterocycles. The zero-order valence-corrected chi connectivity index (χ0v) is 16.2. The average molecular weight is 424 g/mol. The van der Waals surface area contributed by atoms with Crippen LogP contribution in [0, 0.1) is 5.82 Å². The average Bonchev–Trinajstić information content (AvgIpc) is 3.35. The second-order valence-corrected chi connectivity index (χ2v) is 7.72. The number of halogens is 2. The maximum Gasteiger partial charge on any atom is 0.238 e. The lowest BCUT2D eigenvalue weighted by Crippen LogP contribution is -1.96. The number of aromatic nitrogens is 2. The Morgan fingerprint density at radius 3 is 2.79 bits per heavy atom. The Bertz CT molecular complexity index is 1360. The van der Waals surface area contributed by atoms with Crippen LogP contribution in [0.1, 0.15) is 15.4 Å². The zero-order chi connectivity index (χ0) is 20.0. The monoisotopic (exact) mass is 423 g/mol. The highest BCUT2D eigenvalue weighted by atomic mass is 35.5. The van der Waals surface area contributed by atoms with Crippen LogP contribution in [0.5, 0.6) is 0 Å². The van der Waals surface area contributed by atoms with Crippen molar-refractivity contribution >= 4 is 61.4 Å². The Morgan fingerprint density at radius 1 is 1.10 bits per heavy atom. The molecule has 1 N–H and O–H groups in total. The quantitative estimate of drug-likeness (QED) is 0.348. The first-order valence-corrected chi connectivity index (χ1v) is 9.78. The Kier molecular flexibility index (Phi) is 4.26. The predicted octanol–water partition coefficient (Wildman–Crippen LogP) is 6.20. The Labute approximate surface area is 172 Å². The molecule has 0 spiro atoms. The van der Waals surface area contributed by atoms with Gasteiger partial charge in [0.2, 0.25) is 5.78 Å². The van der Waals surface area contributed by atoms with Crippen LogP contribution < -0.4 is 5.32 Å². The summed E-state index contributed by atoms with van der Waals surface area (Å²) in [4.78, 5) is 22.6. The molecule has 8 heteroatoms. The van der Waals surface area contributed by atoms with Gasteiger partial charge in [0, 0.05) is 11.1 Å². The van der Waals surface area contributed by atoms with Crippen molar-refractivity contribution in [2.45, 2.75) is 0 Å². The van der Waals surface area contributed by atoms with Gasteiger partial charge < -0.3 is 9.73 Å². The number of thiophene rings is 1. The number of nitrogens with one attached hydrogen (secondary N) is 1. The molecule has 0 aliphatic carbocycles. The molecule has 142 valence electrons. The van der Waals surface area contributed by atoms with Crippen molar-refractivity contribution in [1.29, 1.82) is 0 Å². The Balaban J connectivity index is 1.52. The van der Waals surface area contributed by atoms with Gasteiger partial charge in [-0.25, -0.2) is 14.4 Å². The second kappa shape index (κ2) is 6.95. The van der Waals surface area contributed by atoms with Crippen LogP contribution in [0.4, 0.5) is 15.9 Å². The van der Waals surface area contributed by atoms with Gasteiger partial charge in [0.1, 0.15) is 28.4 Å². The van der Waals surface area contributed by atoms with Crippen LogP contribution in [0.15, 0.2) is 65.3 Å². The third-order valence-corrected chi connectivity index (χ3v) is 5.72. The van der Waals surface area contributed by atoms with Gasteiger partial charge in [0.15, 0.2) is 5.76 Å². The van der Waals surface area contributed by atoms with E-state index in [4.69, 9.17) is 16.0 Å². The van der Waals surface area contributed by atoms with E-state index < -0.39 is 5.82 Å². The number of furan rings is 1. The fourth-order valence-electron chi connectivity index (χ4n) is 2.99. The number of nitrogens with zero attached hydrogens (tertiary/aromatic N) is 2. The van der Waals surface area contributed by atoms with Crippen molar-refractivity contribution in [3.05, 3.63) is 82.4 Å². The SMILES string of the molecule is O=C(c1cc2ccccc2o1)c1cc2c(Nc3ccc(F)c(Cl)c3)ncnc2s1. The van der Waals surface area contributed by atoms with E-state index in [9.17, 15) is 9.18 Å². The fraction of sp³-hybridized carbons (Fsp3) is 0. The molecule has 0 unspecified atom stereocenters. The van der Waals surface area contributed by atoms with Gasteiger partial charge in [-0.1, -0.05) is 29.8 Å². The summed E-state index contributed by atoms with van der Waals surface area (Å²) in [5.41, 5.74) is 1.24. The molecule has 29 heavy (non-hydrogen) atoms. The number of fused-ring (bicyclic) bond motifs is 2. The van der Waals surface area contributed by atoms with Crippen molar-refractivity contribution < 1.29 is 13.6 Å². The minimum absolute atomic E-state index is 0.00590. The third kappa shape index (κ3) is 3.24. The van der Waals surface area contributed by atoms with E-state index in [1.54, 1.807) is 18.2 Å². The highest BCUT2D eigenvalue weighted by Crippen LogP contribution is 2.32. The summed E-state index contributed by atoms with van der Waals surface area (Å²) in [6.07, 6.45) is 1.40. The maximum atomic E-state index is 13.4. The lowest BCUT2D eigenvalue weighted by Gasteiger charge is -2.06. The van der Waals surface area contributed by atoms with E-state index in [1.165, 1.54) is 29.8 Å². The summed E-state index contributed by atoms with van der Waals surface area (Å²) in [7, 11) is 0. The molecule has 0 radical (unpaired) electrons. The van der Waals surface area contributed by atoms with E-state index >= 15 is 0 Å². The van der Waals surface area contributed by atoms with Gasteiger partial charge in [0.05, 0.1) is 15.3 Å². The molecule has 3 aromatic heterocycles. The topological polar surface area (TPSA) is 68.0 Å². The first-order valence-electron chi connectivity index (χ1n) is 8.58. The van der Waals surface area contributed by atoms with Crippen molar-refractivity contribution in [2.75, 3.05) is 5.32 Å². The molecular weight excluding hydrogens is 413 g/mol. The number of hydrogen-bond acceptors (Lipinski definition) is 6. The summed E-state index contributed by atoms with van der Waals surface area (Å²) in [6, 6.07) is 15.2. The van der Waals surface area contributed by atoms with Gasteiger partial charge in [0.25, 0.3) is 0 Å². The number of benzene rings is 2. The molecule has 5 nitrogen and oxygen atoms in total. The van der Waals surface area contributed by atoms with Crippen LogP contribution in [0.3, 0.4) is 0 Å². The highest BCUT2D eigenvalue weighted by Gasteiger charge is 2.19. The first kappa shape index (κ1) is 17.8. The molecule has 5 rings (SSSR count). The summed E-state index contributed by atoms with van der Waals surface area (Å²) in [6.45, 7) is 0. The molecule has 0 aliphatic rings. The molecule has 2 aromatic carbocycles. The van der Waals surface area contributed by atoms with Crippen LogP contribution >= 0.6 is 22.9 Å². The summed E-state index contributed by atoms with van der Waals surface area (Å²) < 4.78 is 19.1. The molecule has 0 bridgehead atoms. The number of hydrogen-bond donors (Lipinski definition) is 1. The van der Waals surface area contributed by atoms with Crippen LogP contribution in [0.2, 0.25) is 5.02 Å². The number of carbonyl (C=O) groups excluding carboxylic acids is 1. The minimum Gasteiger partial charge on any atom is -0.453 e. The fourth-order valence-corrected chi connectivity index (χ4v) is 4.12. The Hall–Kier alpha value is -3.29. The van der Waals surface area contributed by atoms with E-state index in [1.807, 2.05) is 24.3 Å². The van der Waals surface area contributed by atoms with Crippen LogP contribution in [-0.2, 0) is 0 Å². The molecule has 0 amide bonds.